The van der Waals surface area contributed by atoms with E-state index in [-0.39, 0.29) is 17.7 Å². The minimum absolute atomic E-state index is 0.133. The number of amides is 1. The first kappa shape index (κ1) is 25.8. The van der Waals surface area contributed by atoms with Crippen molar-refractivity contribution in [3.05, 3.63) is 59.9 Å². The number of fused-ring (bicyclic) bond motifs is 3. The first-order valence-corrected chi connectivity index (χ1v) is 12.9. The number of carbonyl (C=O) groups excluding carboxylic acids is 2. The summed E-state index contributed by atoms with van der Waals surface area (Å²) in [5.41, 5.74) is 1.18. The van der Waals surface area contributed by atoms with Gasteiger partial charge < -0.3 is 14.7 Å². The molecule has 0 radical (unpaired) electrons. The van der Waals surface area contributed by atoms with Gasteiger partial charge in [-0.3, -0.25) is 24.3 Å². The van der Waals surface area contributed by atoms with Crippen LogP contribution in [0.2, 0.25) is 0 Å². The van der Waals surface area contributed by atoms with E-state index < -0.39 is 23.6 Å². The number of carboxylic acids is 1. The highest BCUT2D eigenvalue weighted by atomic mass is 19.1. The number of halogens is 1. The summed E-state index contributed by atoms with van der Waals surface area (Å²) in [7, 11) is 0. The fourth-order valence-electron chi connectivity index (χ4n) is 5.95. The maximum atomic E-state index is 14.2. The van der Waals surface area contributed by atoms with Crippen molar-refractivity contribution in [1.82, 2.24) is 9.80 Å². The highest BCUT2D eigenvalue weighted by Crippen LogP contribution is 2.48. The third-order valence-corrected chi connectivity index (χ3v) is 7.75. The van der Waals surface area contributed by atoms with Gasteiger partial charge in [0.15, 0.2) is 5.78 Å². The molecule has 0 aromatic heterocycles. The Morgan fingerprint density at radius 2 is 1.84 bits per heavy atom. The van der Waals surface area contributed by atoms with E-state index in [1.807, 2.05) is 30.3 Å². The lowest BCUT2D eigenvalue weighted by Gasteiger charge is -2.42. The molecule has 200 valence electrons. The lowest BCUT2D eigenvalue weighted by atomic mass is 9.67. The van der Waals surface area contributed by atoms with Crippen LogP contribution < -0.4 is 9.75 Å². The van der Waals surface area contributed by atoms with Crippen LogP contribution in [0, 0.1) is 5.82 Å². The Morgan fingerprint density at radius 1 is 1.11 bits per heavy atom. The third-order valence-electron chi connectivity index (χ3n) is 7.75. The van der Waals surface area contributed by atoms with Gasteiger partial charge in [-0.05, 0) is 37.1 Å². The Balaban J connectivity index is 1.37. The average Bonchev–Trinajstić information content (AvgIpc) is 3.25. The van der Waals surface area contributed by atoms with E-state index in [2.05, 4.69) is 4.90 Å². The predicted molar refractivity (Wildman–Crippen MR) is 139 cm³/mol. The Hall–Kier alpha value is -3.79. The standard InChI is InChI=1S/C28H31FN4O5/c1-19(34)27-28(20-6-3-2-4-7-20,24-18-38-23-9-8-21(29)16-22(23)33(24)30-27)10-5-11-31-12-14-32(15-13-31)25(35)17-26(36)37/h2-4,6-9,16,24H,5,10-15,17-18H2,1H3,(H,36,37)/t24?,28-/m1/s1. The first-order chi connectivity index (χ1) is 18.3. The molecule has 1 fully saturated rings. The van der Waals surface area contributed by atoms with Gasteiger partial charge in [-0.2, -0.15) is 5.10 Å². The van der Waals surface area contributed by atoms with Crippen molar-refractivity contribution in [1.29, 1.82) is 0 Å². The summed E-state index contributed by atoms with van der Waals surface area (Å²) in [6.45, 7) is 4.87. The van der Waals surface area contributed by atoms with Crippen molar-refractivity contribution >= 4 is 29.1 Å². The molecule has 1 saturated heterocycles. The van der Waals surface area contributed by atoms with E-state index >= 15 is 0 Å². The molecule has 0 bridgehead atoms. The van der Waals surface area contributed by atoms with Crippen molar-refractivity contribution in [2.75, 3.05) is 44.3 Å². The van der Waals surface area contributed by atoms with Crippen molar-refractivity contribution in [3.63, 3.8) is 0 Å². The number of aliphatic carboxylic acids is 1. The van der Waals surface area contributed by atoms with Gasteiger partial charge in [0.25, 0.3) is 0 Å². The van der Waals surface area contributed by atoms with Gasteiger partial charge in [0.1, 0.15) is 42.0 Å². The van der Waals surface area contributed by atoms with Crippen molar-refractivity contribution in [2.24, 2.45) is 5.10 Å². The third kappa shape index (κ3) is 4.76. The summed E-state index contributed by atoms with van der Waals surface area (Å²) in [5.74, 6) is -1.47. The first-order valence-electron chi connectivity index (χ1n) is 12.9. The monoisotopic (exact) mass is 522 g/mol. The molecule has 3 aliphatic rings. The molecule has 3 aliphatic heterocycles. The summed E-state index contributed by atoms with van der Waals surface area (Å²) in [6.07, 6.45) is 0.896. The van der Waals surface area contributed by atoms with Gasteiger partial charge in [-0.25, -0.2) is 4.39 Å². The number of nitrogens with zero attached hydrogens (tertiary/aromatic N) is 4. The van der Waals surface area contributed by atoms with E-state index in [1.165, 1.54) is 19.1 Å². The van der Waals surface area contributed by atoms with E-state index in [9.17, 15) is 18.8 Å². The molecule has 1 amide bonds. The quantitative estimate of drug-likeness (QED) is 0.532. The van der Waals surface area contributed by atoms with Crippen LogP contribution >= 0.6 is 0 Å². The zero-order chi connectivity index (χ0) is 26.9. The molecule has 2 aromatic rings. The highest BCUT2D eigenvalue weighted by Gasteiger charge is 2.55. The van der Waals surface area contributed by atoms with Gasteiger partial charge in [0.05, 0.1) is 5.41 Å². The topological polar surface area (TPSA) is 103 Å². The maximum absolute atomic E-state index is 14.2. The summed E-state index contributed by atoms with van der Waals surface area (Å²) >= 11 is 0. The second kappa shape index (κ2) is 10.5. The zero-order valence-corrected chi connectivity index (χ0v) is 21.3. The number of anilines is 1. The highest BCUT2D eigenvalue weighted by molar-refractivity contribution is 6.43. The van der Waals surface area contributed by atoms with E-state index in [0.29, 0.717) is 56.4 Å². The Labute approximate surface area is 220 Å². The van der Waals surface area contributed by atoms with Gasteiger partial charge >= 0.3 is 5.97 Å². The number of carbonyl (C=O) groups is 3. The van der Waals surface area contributed by atoms with E-state index in [4.69, 9.17) is 14.9 Å². The summed E-state index contributed by atoms with van der Waals surface area (Å²) in [4.78, 5) is 39.8. The molecule has 2 aromatic carbocycles. The summed E-state index contributed by atoms with van der Waals surface area (Å²) in [5, 5.41) is 15.4. The molecular weight excluding hydrogens is 491 g/mol. The number of rotatable bonds is 8. The molecule has 10 heteroatoms. The number of piperazine rings is 1. The van der Waals surface area contributed by atoms with Crippen molar-refractivity contribution < 1.29 is 28.6 Å². The van der Waals surface area contributed by atoms with E-state index in [1.54, 1.807) is 16.0 Å². The minimum Gasteiger partial charge on any atom is -0.489 e. The second-order valence-corrected chi connectivity index (χ2v) is 10.0. The van der Waals surface area contributed by atoms with Crippen LogP contribution in [0.5, 0.6) is 5.75 Å². The fourth-order valence-corrected chi connectivity index (χ4v) is 5.95. The second-order valence-electron chi connectivity index (χ2n) is 10.0. The number of ether oxygens (including phenoxy) is 1. The van der Waals surface area contributed by atoms with Crippen LogP contribution in [0.1, 0.15) is 31.7 Å². The Kier molecular flexibility index (Phi) is 7.16. The number of Topliss-reactive ketones (excluding diaryl/α,β-unsaturated/α-hetero) is 1. The van der Waals surface area contributed by atoms with Gasteiger partial charge in [-0.15, -0.1) is 0 Å². The van der Waals surface area contributed by atoms with E-state index in [0.717, 1.165) is 18.5 Å². The van der Waals surface area contributed by atoms with Crippen LogP contribution in [-0.4, -0.2) is 83.7 Å². The zero-order valence-electron chi connectivity index (χ0n) is 21.3. The smallest absolute Gasteiger partial charge is 0.312 e. The predicted octanol–water partition coefficient (Wildman–Crippen LogP) is 2.69. The van der Waals surface area contributed by atoms with Crippen molar-refractivity contribution in [2.45, 2.75) is 37.6 Å². The molecule has 2 atom stereocenters. The number of ketones is 1. The van der Waals surface area contributed by atoms with Crippen LogP contribution in [-0.2, 0) is 19.8 Å². The molecule has 3 heterocycles. The molecule has 38 heavy (non-hydrogen) atoms. The molecule has 5 rings (SSSR count). The molecule has 0 saturated carbocycles. The van der Waals surface area contributed by atoms with Gasteiger partial charge in [0, 0.05) is 39.2 Å². The number of carboxylic acid groups (broad SMARTS) is 1. The van der Waals surface area contributed by atoms with Gasteiger partial charge in [-0.1, -0.05) is 30.3 Å². The Bertz CT molecular complexity index is 1260. The van der Waals surface area contributed by atoms with Crippen LogP contribution in [0.4, 0.5) is 10.1 Å². The molecule has 0 spiro atoms. The minimum atomic E-state index is -1.12. The molecular formula is C28H31FN4O5. The number of benzene rings is 2. The van der Waals surface area contributed by atoms with Crippen LogP contribution in [0.15, 0.2) is 53.6 Å². The largest absolute Gasteiger partial charge is 0.489 e. The number of hydrazone groups is 1. The molecule has 1 unspecified atom stereocenters. The summed E-state index contributed by atoms with van der Waals surface area (Å²) < 4.78 is 20.3. The molecule has 9 nitrogen and oxygen atoms in total. The number of hydrogen-bond acceptors (Lipinski definition) is 7. The Morgan fingerprint density at radius 3 is 2.53 bits per heavy atom. The molecule has 1 N–H and O–H groups in total. The molecule has 0 aliphatic carbocycles. The lowest BCUT2D eigenvalue weighted by molar-refractivity contribution is -0.145. The van der Waals surface area contributed by atoms with Gasteiger partial charge in [0.2, 0.25) is 5.91 Å². The fraction of sp³-hybridized carbons (Fsp3) is 0.429. The van der Waals surface area contributed by atoms with Crippen LogP contribution in [0.3, 0.4) is 0 Å². The van der Waals surface area contributed by atoms with Crippen LogP contribution in [0.25, 0.3) is 0 Å². The number of hydrogen-bond donors (Lipinski definition) is 1. The maximum Gasteiger partial charge on any atom is 0.312 e. The normalized spacial score (nSPS) is 22.8. The average molecular weight is 523 g/mol. The SMILES string of the molecule is CC(=O)C1=NN2c3cc(F)ccc3OCC2[C@@]1(CCCN1CCN(C(=O)CC(=O)O)CC1)c1ccccc1. The summed E-state index contributed by atoms with van der Waals surface area (Å²) in [6, 6.07) is 13.9. The lowest BCUT2D eigenvalue weighted by Crippen LogP contribution is -2.54. The van der Waals surface area contributed by atoms with Crippen molar-refractivity contribution in [3.8, 4) is 5.75 Å².